The molecule has 1 aliphatic heterocycles. The smallest absolute Gasteiger partial charge is 0.264 e. The van der Waals surface area contributed by atoms with Gasteiger partial charge in [-0.2, -0.15) is 16.8 Å². The minimum atomic E-state index is -3.59. The van der Waals surface area contributed by atoms with Crippen LogP contribution < -0.4 is 10.6 Å². The topological polar surface area (TPSA) is 184 Å². The Bertz CT molecular complexity index is 1340. The largest absolute Gasteiger partial charge is 0.353 e. The third-order valence-electron chi connectivity index (χ3n) is 7.33. The first-order valence-electron chi connectivity index (χ1n) is 15.8. The molecule has 0 unspecified atom stereocenters. The fraction of sp³-hybridized carbons (Fsp3) is 0.600. The van der Waals surface area contributed by atoms with Crippen LogP contribution in [0.25, 0.3) is 0 Å². The molecule has 268 valence electrons. The Labute approximate surface area is 284 Å². The number of hydrogen-bond acceptors (Lipinski definition) is 14. The van der Waals surface area contributed by atoms with Crippen molar-refractivity contribution in [2.24, 2.45) is 0 Å². The normalized spacial score (nSPS) is 16.9. The van der Waals surface area contributed by atoms with Gasteiger partial charge in [-0.3, -0.25) is 47.5 Å². The lowest BCUT2D eigenvalue weighted by molar-refractivity contribution is -0.123. The lowest BCUT2D eigenvalue weighted by Gasteiger charge is -2.34. The second-order valence-electron chi connectivity index (χ2n) is 11.5. The van der Waals surface area contributed by atoms with Gasteiger partial charge >= 0.3 is 0 Å². The summed E-state index contributed by atoms with van der Waals surface area (Å²) < 4.78 is 54.5. The van der Waals surface area contributed by atoms with Crippen molar-refractivity contribution in [1.82, 2.24) is 40.2 Å². The van der Waals surface area contributed by atoms with Crippen LogP contribution in [0.3, 0.4) is 0 Å². The molecule has 2 aromatic heterocycles. The molecule has 0 aromatic carbocycles. The Morgan fingerprint density at radius 2 is 0.979 bits per heavy atom. The van der Waals surface area contributed by atoms with Gasteiger partial charge < -0.3 is 10.6 Å². The Morgan fingerprint density at radius 3 is 1.29 bits per heavy atom. The molecular formula is C30H48N8O8S2. The maximum atomic E-state index is 12.9. The molecule has 2 amide bonds. The molecule has 1 aliphatic rings. The standard InChI is InChI=1S/C30H48N8O8S2/c1-47(41,42)45-21-11-33-29(39)25-37-17-13-35(23-27-7-3-5-9-31-27)15-19-38(26-30(40)34-12-22-46-48(2,43)44)20-16-36(14-18-37)24-28-8-4-6-10-32-28/h3-10H,11-26H2,1-2H3,(H,33,39)(H,34,40). The van der Waals surface area contributed by atoms with Gasteiger partial charge in [-0.25, -0.2) is 0 Å². The second kappa shape index (κ2) is 20.4. The van der Waals surface area contributed by atoms with E-state index in [1.807, 2.05) is 36.4 Å². The zero-order valence-electron chi connectivity index (χ0n) is 27.7. The average molecular weight is 713 g/mol. The number of hydrogen-bond donors (Lipinski definition) is 2. The van der Waals surface area contributed by atoms with Crippen LogP contribution in [0.2, 0.25) is 0 Å². The van der Waals surface area contributed by atoms with Crippen molar-refractivity contribution in [3.8, 4) is 0 Å². The molecule has 0 bridgehead atoms. The lowest BCUT2D eigenvalue weighted by Crippen LogP contribution is -2.49. The molecule has 2 aromatic rings. The van der Waals surface area contributed by atoms with E-state index in [2.05, 4.69) is 40.2 Å². The highest BCUT2D eigenvalue weighted by molar-refractivity contribution is 7.86. The molecule has 1 fully saturated rings. The third-order valence-corrected chi connectivity index (χ3v) is 8.52. The molecular weight excluding hydrogens is 665 g/mol. The van der Waals surface area contributed by atoms with E-state index in [1.165, 1.54) is 0 Å². The van der Waals surface area contributed by atoms with Crippen molar-refractivity contribution in [2.75, 3.05) is 104 Å². The van der Waals surface area contributed by atoms with Crippen molar-refractivity contribution in [3.05, 3.63) is 60.2 Å². The Hall–Kier alpha value is -3.10. The number of nitrogens with one attached hydrogen (secondary N) is 2. The highest BCUT2D eigenvalue weighted by Crippen LogP contribution is 2.07. The lowest BCUT2D eigenvalue weighted by atomic mass is 10.2. The van der Waals surface area contributed by atoms with Crippen molar-refractivity contribution in [3.63, 3.8) is 0 Å². The first kappa shape index (κ1) is 39.3. The number of pyridine rings is 2. The van der Waals surface area contributed by atoms with Crippen molar-refractivity contribution >= 4 is 32.1 Å². The van der Waals surface area contributed by atoms with E-state index in [0.29, 0.717) is 65.4 Å². The summed E-state index contributed by atoms with van der Waals surface area (Å²) in [5, 5.41) is 5.48. The number of aromatic nitrogens is 2. The van der Waals surface area contributed by atoms with Crippen molar-refractivity contribution in [1.29, 1.82) is 0 Å². The molecule has 18 heteroatoms. The predicted octanol–water partition coefficient (Wildman–Crippen LogP) is -1.42. The van der Waals surface area contributed by atoms with Gasteiger partial charge in [0, 0.05) is 90.9 Å². The summed E-state index contributed by atoms with van der Waals surface area (Å²) in [7, 11) is -7.18. The molecule has 0 aliphatic carbocycles. The van der Waals surface area contributed by atoms with Gasteiger partial charge in [-0.1, -0.05) is 12.1 Å². The second-order valence-corrected chi connectivity index (χ2v) is 14.8. The van der Waals surface area contributed by atoms with E-state index in [1.54, 1.807) is 12.4 Å². The third kappa shape index (κ3) is 17.9. The van der Waals surface area contributed by atoms with E-state index in [-0.39, 0.29) is 51.2 Å². The van der Waals surface area contributed by atoms with Crippen LogP contribution in [0.1, 0.15) is 11.4 Å². The number of amides is 2. The fourth-order valence-corrected chi connectivity index (χ4v) is 5.71. The van der Waals surface area contributed by atoms with Gasteiger partial charge in [0.2, 0.25) is 11.8 Å². The van der Waals surface area contributed by atoms with Crippen molar-refractivity contribution < 1.29 is 34.8 Å². The fourth-order valence-electron chi connectivity index (χ4n) is 4.94. The summed E-state index contributed by atoms with van der Waals surface area (Å²) in [5.41, 5.74) is 1.80. The van der Waals surface area contributed by atoms with Crippen LogP contribution in [-0.2, 0) is 51.3 Å². The minimum Gasteiger partial charge on any atom is -0.353 e. The van der Waals surface area contributed by atoms with Crippen LogP contribution in [0, 0.1) is 0 Å². The van der Waals surface area contributed by atoms with Crippen LogP contribution in [0.4, 0.5) is 0 Å². The molecule has 0 spiro atoms. The van der Waals surface area contributed by atoms with Crippen LogP contribution in [0.5, 0.6) is 0 Å². The zero-order valence-corrected chi connectivity index (χ0v) is 29.3. The monoisotopic (exact) mass is 712 g/mol. The SMILES string of the molecule is CS(=O)(=O)OCCNC(=O)CN1CCN(Cc2ccccn2)CCN(CC(=O)NCCOS(C)(=O)=O)CCN(Cc2ccccn2)CC1. The van der Waals surface area contributed by atoms with Gasteiger partial charge in [0.25, 0.3) is 20.2 Å². The maximum absolute atomic E-state index is 12.9. The number of rotatable bonds is 16. The van der Waals surface area contributed by atoms with Gasteiger partial charge in [0.05, 0.1) is 50.2 Å². The Morgan fingerprint density at radius 1 is 0.625 bits per heavy atom. The highest BCUT2D eigenvalue weighted by atomic mass is 32.2. The molecule has 2 N–H and O–H groups in total. The number of carbonyl (C=O) groups excluding carboxylic acids is 2. The average Bonchev–Trinajstić information content (AvgIpc) is 3.02. The summed E-state index contributed by atoms with van der Waals surface area (Å²) in [5.74, 6) is -0.461. The summed E-state index contributed by atoms with van der Waals surface area (Å²) in [6, 6.07) is 11.5. The molecule has 16 nitrogen and oxygen atoms in total. The Balaban J connectivity index is 1.71. The van der Waals surface area contributed by atoms with Crippen molar-refractivity contribution in [2.45, 2.75) is 13.1 Å². The van der Waals surface area contributed by atoms with E-state index in [4.69, 9.17) is 8.37 Å². The first-order valence-corrected chi connectivity index (χ1v) is 19.4. The van der Waals surface area contributed by atoms with Crippen LogP contribution in [0.15, 0.2) is 48.8 Å². The molecule has 48 heavy (non-hydrogen) atoms. The van der Waals surface area contributed by atoms with E-state index >= 15 is 0 Å². The summed E-state index contributed by atoms with van der Waals surface area (Å²) in [4.78, 5) is 43.3. The maximum Gasteiger partial charge on any atom is 0.264 e. The number of nitrogens with zero attached hydrogens (tertiary/aromatic N) is 6. The highest BCUT2D eigenvalue weighted by Gasteiger charge is 2.20. The Kier molecular flexibility index (Phi) is 16.7. The van der Waals surface area contributed by atoms with Gasteiger partial charge in [-0.15, -0.1) is 0 Å². The molecule has 0 radical (unpaired) electrons. The molecule has 3 heterocycles. The summed E-state index contributed by atoms with van der Waals surface area (Å²) >= 11 is 0. The summed E-state index contributed by atoms with van der Waals surface area (Å²) in [6.07, 6.45) is 5.42. The van der Waals surface area contributed by atoms with Crippen LogP contribution >= 0.6 is 0 Å². The van der Waals surface area contributed by atoms with Gasteiger partial charge in [0.15, 0.2) is 0 Å². The molecule has 0 saturated carbocycles. The molecule has 0 atom stereocenters. The minimum absolute atomic E-state index is 0.0749. The molecule has 3 rings (SSSR count). The van der Waals surface area contributed by atoms with E-state index in [0.717, 1.165) is 23.9 Å². The van der Waals surface area contributed by atoms with Gasteiger partial charge in [0.1, 0.15) is 0 Å². The number of carbonyl (C=O) groups is 2. The first-order chi connectivity index (χ1) is 22.8. The predicted molar refractivity (Wildman–Crippen MR) is 180 cm³/mol. The zero-order chi connectivity index (χ0) is 34.8. The summed E-state index contributed by atoms with van der Waals surface area (Å²) in [6.45, 7) is 6.14. The van der Waals surface area contributed by atoms with Gasteiger partial charge in [-0.05, 0) is 24.3 Å². The quantitative estimate of drug-likeness (QED) is 0.153. The molecule has 1 saturated heterocycles. The van der Waals surface area contributed by atoms with E-state index < -0.39 is 20.2 Å². The van der Waals surface area contributed by atoms with Crippen LogP contribution in [-0.4, -0.2) is 162 Å². The van der Waals surface area contributed by atoms with E-state index in [9.17, 15) is 26.4 Å².